The van der Waals surface area contributed by atoms with Crippen LogP contribution < -0.4 is 15.6 Å². The Morgan fingerprint density at radius 3 is 3.00 bits per heavy atom. The molecule has 1 atom stereocenters. The molecule has 1 amide bonds. The van der Waals surface area contributed by atoms with E-state index in [2.05, 4.69) is 15.5 Å². The van der Waals surface area contributed by atoms with Crippen LogP contribution in [0.15, 0.2) is 41.2 Å². The molecule has 1 unspecified atom stereocenters. The van der Waals surface area contributed by atoms with E-state index < -0.39 is 0 Å². The monoisotopic (exact) mass is 299 g/mol. The third kappa shape index (κ3) is 3.52. The van der Waals surface area contributed by atoms with Gasteiger partial charge in [0.05, 0.1) is 5.69 Å². The third-order valence-corrected chi connectivity index (χ3v) is 3.65. The molecule has 0 saturated carbocycles. The normalized spacial score (nSPS) is 16.6. The highest BCUT2D eigenvalue weighted by Crippen LogP contribution is 2.17. The van der Waals surface area contributed by atoms with Gasteiger partial charge in [-0.1, -0.05) is 18.2 Å². The molecule has 0 saturated heterocycles. The fourth-order valence-corrected chi connectivity index (χ4v) is 2.60. The number of para-hydroxylation sites is 1. The largest absolute Gasteiger partial charge is 0.484 e. The number of nitrogens with zero attached hydrogens (tertiary/aromatic N) is 1. The maximum absolute atomic E-state index is 11.9. The quantitative estimate of drug-likeness (QED) is 0.875. The van der Waals surface area contributed by atoms with E-state index in [-0.39, 0.29) is 24.1 Å². The number of fused-ring (bicyclic) bond motifs is 1. The maximum atomic E-state index is 11.9. The van der Waals surface area contributed by atoms with Gasteiger partial charge in [-0.25, -0.2) is 5.10 Å². The summed E-state index contributed by atoms with van der Waals surface area (Å²) in [6, 6.07) is 10.8. The summed E-state index contributed by atoms with van der Waals surface area (Å²) in [6.45, 7) is -0.0129. The first-order chi connectivity index (χ1) is 10.7. The van der Waals surface area contributed by atoms with Gasteiger partial charge in [-0.2, -0.15) is 5.10 Å². The van der Waals surface area contributed by atoms with E-state index in [1.807, 2.05) is 30.3 Å². The van der Waals surface area contributed by atoms with Gasteiger partial charge in [-0.3, -0.25) is 9.59 Å². The summed E-state index contributed by atoms with van der Waals surface area (Å²) in [5, 5.41) is 9.42. The lowest BCUT2D eigenvalue weighted by atomic mass is 9.92. The van der Waals surface area contributed by atoms with Crippen molar-refractivity contribution < 1.29 is 9.53 Å². The first-order valence-corrected chi connectivity index (χ1v) is 7.25. The molecule has 0 fully saturated rings. The maximum Gasteiger partial charge on any atom is 0.264 e. The van der Waals surface area contributed by atoms with Crippen LogP contribution in [-0.4, -0.2) is 28.8 Å². The molecule has 0 bridgehead atoms. The number of rotatable bonds is 4. The Bertz CT molecular complexity index is 712. The Labute approximate surface area is 127 Å². The lowest BCUT2D eigenvalue weighted by Gasteiger charge is -2.24. The number of nitrogens with one attached hydrogen (secondary N) is 2. The smallest absolute Gasteiger partial charge is 0.264 e. The summed E-state index contributed by atoms with van der Waals surface area (Å²) in [5.41, 5.74) is 1.60. The Kier molecular flexibility index (Phi) is 4.18. The zero-order chi connectivity index (χ0) is 15.4. The summed E-state index contributed by atoms with van der Waals surface area (Å²) in [6.07, 6.45) is 2.18. The third-order valence-electron chi connectivity index (χ3n) is 3.65. The number of aromatic amines is 1. The van der Waals surface area contributed by atoms with Crippen molar-refractivity contribution in [3.63, 3.8) is 0 Å². The minimum atomic E-state index is -0.210. The highest BCUT2D eigenvalue weighted by atomic mass is 16.5. The van der Waals surface area contributed by atoms with Crippen LogP contribution in [0.3, 0.4) is 0 Å². The molecular weight excluding hydrogens is 282 g/mol. The number of amides is 1. The summed E-state index contributed by atoms with van der Waals surface area (Å²) in [4.78, 5) is 23.2. The zero-order valence-corrected chi connectivity index (χ0v) is 12.0. The minimum Gasteiger partial charge on any atom is -0.484 e. The van der Waals surface area contributed by atoms with E-state index in [1.165, 1.54) is 0 Å². The van der Waals surface area contributed by atoms with Gasteiger partial charge in [-0.15, -0.1) is 0 Å². The summed E-state index contributed by atoms with van der Waals surface area (Å²) in [7, 11) is 0. The van der Waals surface area contributed by atoms with Crippen molar-refractivity contribution in [3.05, 3.63) is 58.0 Å². The van der Waals surface area contributed by atoms with Gasteiger partial charge in [-0.05, 0) is 37.0 Å². The number of H-pyrrole nitrogens is 1. The number of carbonyl (C=O) groups excluding carboxylic acids is 1. The van der Waals surface area contributed by atoms with Gasteiger partial charge >= 0.3 is 0 Å². The van der Waals surface area contributed by atoms with E-state index in [0.29, 0.717) is 12.2 Å². The molecule has 0 spiro atoms. The van der Waals surface area contributed by atoms with Gasteiger partial charge in [0.15, 0.2) is 6.61 Å². The van der Waals surface area contributed by atoms with Gasteiger partial charge in [0.1, 0.15) is 5.75 Å². The fourth-order valence-electron chi connectivity index (χ4n) is 2.60. The molecule has 1 aromatic carbocycles. The predicted octanol–water partition coefficient (Wildman–Crippen LogP) is 0.822. The van der Waals surface area contributed by atoms with Crippen molar-refractivity contribution in [3.8, 4) is 5.75 Å². The van der Waals surface area contributed by atoms with Crippen molar-refractivity contribution in [1.82, 2.24) is 15.5 Å². The summed E-state index contributed by atoms with van der Waals surface area (Å²) in [5.74, 6) is 0.512. The molecule has 1 aliphatic carbocycles. The lowest BCUT2D eigenvalue weighted by Crippen LogP contribution is -2.41. The number of aryl methyl sites for hydroxylation is 1. The Morgan fingerprint density at radius 2 is 2.18 bits per heavy atom. The minimum absolute atomic E-state index is 0.0129. The van der Waals surface area contributed by atoms with Crippen LogP contribution in [0.4, 0.5) is 0 Å². The Morgan fingerprint density at radius 1 is 1.36 bits per heavy atom. The first-order valence-electron chi connectivity index (χ1n) is 7.25. The number of benzene rings is 1. The van der Waals surface area contributed by atoms with Crippen molar-refractivity contribution in [2.24, 2.45) is 0 Å². The number of hydrogen-bond acceptors (Lipinski definition) is 4. The molecular formula is C16H17N3O3. The second kappa shape index (κ2) is 6.43. The predicted molar refractivity (Wildman–Crippen MR) is 80.8 cm³/mol. The van der Waals surface area contributed by atoms with Crippen LogP contribution in [-0.2, 0) is 17.6 Å². The second-order valence-corrected chi connectivity index (χ2v) is 5.31. The molecule has 0 radical (unpaired) electrons. The van der Waals surface area contributed by atoms with Gasteiger partial charge in [0, 0.05) is 12.1 Å². The van der Waals surface area contributed by atoms with Crippen LogP contribution >= 0.6 is 0 Å². The van der Waals surface area contributed by atoms with Crippen LogP contribution in [0, 0.1) is 0 Å². The number of ether oxygens (including phenoxy) is 1. The summed E-state index contributed by atoms with van der Waals surface area (Å²) >= 11 is 0. The molecule has 22 heavy (non-hydrogen) atoms. The molecule has 0 aliphatic heterocycles. The van der Waals surface area contributed by atoms with E-state index >= 15 is 0 Å². The number of carbonyl (C=O) groups is 1. The van der Waals surface area contributed by atoms with E-state index in [0.717, 1.165) is 24.1 Å². The average Bonchev–Trinajstić information content (AvgIpc) is 2.53. The van der Waals surface area contributed by atoms with Crippen molar-refractivity contribution in [2.45, 2.75) is 25.3 Å². The highest BCUT2D eigenvalue weighted by molar-refractivity contribution is 5.77. The average molecular weight is 299 g/mol. The van der Waals surface area contributed by atoms with E-state index in [4.69, 9.17) is 4.74 Å². The summed E-state index contributed by atoms with van der Waals surface area (Å²) < 4.78 is 5.42. The van der Waals surface area contributed by atoms with Crippen molar-refractivity contribution in [1.29, 1.82) is 0 Å². The topological polar surface area (TPSA) is 84.1 Å². The molecule has 2 aromatic rings. The molecule has 114 valence electrons. The lowest BCUT2D eigenvalue weighted by molar-refractivity contribution is -0.123. The molecule has 6 heteroatoms. The Balaban J connectivity index is 1.53. The SMILES string of the molecule is O=C(COc1ccccc1)NC1CCc2n[nH]c(=O)cc2C1. The highest BCUT2D eigenvalue weighted by Gasteiger charge is 2.21. The van der Waals surface area contributed by atoms with Crippen LogP contribution in [0.25, 0.3) is 0 Å². The molecule has 3 rings (SSSR count). The molecule has 2 N–H and O–H groups in total. The van der Waals surface area contributed by atoms with Crippen LogP contribution in [0.2, 0.25) is 0 Å². The van der Waals surface area contributed by atoms with Gasteiger partial charge in [0.2, 0.25) is 0 Å². The van der Waals surface area contributed by atoms with Gasteiger partial charge < -0.3 is 10.1 Å². The zero-order valence-electron chi connectivity index (χ0n) is 12.0. The fraction of sp³-hybridized carbons (Fsp3) is 0.312. The number of hydrogen-bond donors (Lipinski definition) is 2. The Hall–Kier alpha value is -2.63. The van der Waals surface area contributed by atoms with Crippen LogP contribution in [0.5, 0.6) is 5.75 Å². The molecule has 1 aliphatic rings. The van der Waals surface area contributed by atoms with Crippen molar-refractivity contribution >= 4 is 5.91 Å². The first kappa shape index (κ1) is 14.3. The second-order valence-electron chi connectivity index (χ2n) is 5.31. The molecule has 1 heterocycles. The van der Waals surface area contributed by atoms with Crippen molar-refractivity contribution in [2.75, 3.05) is 6.61 Å². The molecule has 1 aromatic heterocycles. The standard InChI is InChI=1S/C16H17N3O3/c20-15-9-11-8-12(6-7-14(11)18-19-15)17-16(21)10-22-13-4-2-1-3-5-13/h1-5,9,12H,6-8,10H2,(H,17,21)(H,19,20). The van der Waals surface area contributed by atoms with Crippen LogP contribution in [0.1, 0.15) is 17.7 Å². The molecule has 6 nitrogen and oxygen atoms in total. The van der Waals surface area contributed by atoms with E-state index in [9.17, 15) is 9.59 Å². The van der Waals surface area contributed by atoms with E-state index in [1.54, 1.807) is 6.07 Å². The van der Waals surface area contributed by atoms with Gasteiger partial charge in [0.25, 0.3) is 11.5 Å². The number of aromatic nitrogens is 2.